The minimum absolute atomic E-state index is 0.240. The van der Waals surface area contributed by atoms with Gasteiger partial charge in [0.05, 0.1) is 0 Å². The summed E-state index contributed by atoms with van der Waals surface area (Å²) < 4.78 is 6.03. The van der Waals surface area contributed by atoms with Gasteiger partial charge in [0.2, 0.25) is 0 Å². The molecule has 4 rings (SSSR count). The van der Waals surface area contributed by atoms with Gasteiger partial charge in [-0.2, -0.15) is 0 Å². The van der Waals surface area contributed by atoms with Gasteiger partial charge in [-0.15, -0.1) is 0 Å². The number of aromatic nitrogens is 3. The van der Waals surface area contributed by atoms with Crippen molar-refractivity contribution >= 4 is 0 Å². The third-order valence-corrected chi connectivity index (χ3v) is 5.74. The standard InChI is InChI=1S/C21H28N4O/c1-2-18-8-7-16(13-22-18)17-14-23-21(24-15-17)26-20-9-11-25(12-10-20)19-5-3-4-6-19/h7-8,13-15,19-20H,2-6,9-12H2,1H3. The monoisotopic (exact) mass is 352 g/mol. The molecular weight excluding hydrogens is 324 g/mol. The maximum atomic E-state index is 6.03. The minimum Gasteiger partial charge on any atom is -0.460 e. The van der Waals surface area contributed by atoms with Crippen molar-refractivity contribution in [2.75, 3.05) is 13.1 Å². The van der Waals surface area contributed by atoms with Gasteiger partial charge in [-0.05, 0) is 38.2 Å². The fourth-order valence-corrected chi connectivity index (χ4v) is 4.11. The number of pyridine rings is 1. The van der Waals surface area contributed by atoms with Gasteiger partial charge in [0.1, 0.15) is 6.10 Å². The number of ether oxygens (including phenoxy) is 1. The lowest BCUT2D eigenvalue weighted by atomic mass is 10.0. The Morgan fingerprint density at radius 1 is 0.923 bits per heavy atom. The summed E-state index contributed by atoms with van der Waals surface area (Å²) in [7, 11) is 0. The quantitative estimate of drug-likeness (QED) is 0.817. The van der Waals surface area contributed by atoms with Crippen LogP contribution in [0, 0.1) is 0 Å². The summed E-state index contributed by atoms with van der Waals surface area (Å²) in [6, 6.07) is 5.44. The Bertz CT molecular complexity index is 687. The Balaban J connectivity index is 1.31. The molecule has 5 nitrogen and oxygen atoms in total. The zero-order chi connectivity index (χ0) is 17.8. The van der Waals surface area contributed by atoms with E-state index in [2.05, 4.69) is 38.9 Å². The van der Waals surface area contributed by atoms with E-state index in [1.165, 1.54) is 25.7 Å². The van der Waals surface area contributed by atoms with Gasteiger partial charge in [0, 0.05) is 54.5 Å². The molecular formula is C21H28N4O. The van der Waals surface area contributed by atoms with E-state index in [0.29, 0.717) is 6.01 Å². The maximum Gasteiger partial charge on any atom is 0.316 e. The van der Waals surface area contributed by atoms with Gasteiger partial charge >= 0.3 is 6.01 Å². The molecule has 0 atom stereocenters. The molecule has 0 radical (unpaired) electrons. The van der Waals surface area contributed by atoms with Gasteiger partial charge in [-0.25, -0.2) is 9.97 Å². The summed E-state index contributed by atoms with van der Waals surface area (Å²) in [6.07, 6.45) is 14.4. The molecule has 2 aliphatic rings. The average Bonchev–Trinajstić information content (AvgIpc) is 3.24. The molecule has 1 aliphatic heterocycles. The van der Waals surface area contributed by atoms with E-state index in [1.54, 1.807) is 0 Å². The van der Waals surface area contributed by atoms with Crippen LogP contribution >= 0.6 is 0 Å². The van der Waals surface area contributed by atoms with E-state index in [0.717, 1.165) is 55.2 Å². The molecule has 1 aliphatic carbocycles. The Kier molecular flexibility index (Phi) is 5.44. The van der Waals surface area contributed by atoms with E-state index < -0.39 is 0 Å². The maximum absolute atomic E-state index is 6.03. The topological polar surface area (TPSA) is 51.1 Å². The third-order valence-electron chi connectivity index (χ3n) is 5.74. The lowest BCUT2D eigenvalue weighted by molar-refractivity contribution is 0.0710. The summed E-state index contributed by atoms with van der Waals surface area (Å²) in [5, 5.41) is 0. The summed E-state index contributed by atoms with van der Waals surface area (Å²) in [5.74, 6) is 0. The molecule has 138 valence electrons. The second-order valence-electron chi connectivity index (χ2n) is 7.44. The van der Waals surface area contributed by atoms with Crippen molar-refractivity contribution in [3.63, 3.8) is 0 Å². The molecule has 2 aromatic rings. The largest absolute Gasteiger partial charge is 0.460 e. The van der Waals surface area contributed by atoms with E-state index in [1.807, 2.05) is 18.6 Å². The molecule has 2 aromatic heterocycles. The van der Waals surface area contributed by atoms with Crippen molar-refractivity contribution in [1.29, 1.82) is 0 Å². The number of aryl methyl sites for hydroxylation is 1. The first-order chi connectivity index (χ1) is 12.8. The molecule has 0 spiro atoms. The first-order valence-electron chi connectivity index (χ1n) is 10.00. The molecule has 0 amide bonds. The second kappa shape index (κ2) is 8.12. The van der Waals surface area contributed by atoms with E-state index in [4.69, 9.17) is 4.74 Å². The molecule has 5 heteroatoms. The van der Waals surface area contributed by atoms with Gasteiger partial charge in [0.25, 0.3) is 0 Å². The summed E-state index contributed by atoms with van der Waals surface area (Å²) in [6.45, 7) is 4.39. The Hall–Kier alpha value is -2.01. The molecule has 0 N–H and O–H groups in total. The second-order valence-corrected chi connectivity index (χ2v) is 7.44. The predicted molar refractivity (Wildman–Crippen MR) is 102 cm³/mol. The van der Waals surface area contributed by atoms with Crippen LogP contribution in [0.1, 0.15) is 51.1 Å². The highest BCUT2D eigenvalue weighted by molar-refractivity contribution is 5.60. The third kappa shape index (κ3) is 4.04. The first kappa shape index (κ1) is 17.4. The zero-order valence-corrected chi connectivity index (χ0v) is 15.6. The molecule has 0 unspecified atom stereocenters. The highest BCUT2D eigenvalue weighted by Gasteiger charge is 2.28. The molecule has 1 saturated carbocycles. The van der Waals surface area contributed by atoms with Crippen molar-refractivity contribution in [1.82, 2.24) is 19.9 Å². The van der Waals surface area contributed by atoms with Gasteiger partial charge in [-0.1, -0.05) is 25.8 Å². The van der Waals surface area contributed by atoms with E-state index in [9.17, 15) is 0 Å². The average molecular weight is 352 g/mol. The number of rotatable bonds is 5. The van der Waals surface area contributed by atoms with Crippen LogP contribution in [0.3, 0.4) is 0 Å². The van der Waals surface area contributed by atoms with E-state index >= 15 is 0 Å². The highest BCUT2D eigenvalue weighted by Crippen LogP contribution is 2.27. The summed E-state index contributed by atoms with van der Waals surface area (Å²) in [4.78, 5) is 15.9. The first-order valence-corrected chi connectivity index (χ1v) is 10.00. The van der Waals surface area contributed by atoms with E-state index in [-0.39, 0.29) is 6.10 Å². The normalized spacial score (nSPS) is 19.7. The molecule has 3 heterocycles. The fourth-order valence-electron chi connectivity index (χ4n) is 4.11. The molecule has 26 heavy (non-hydrogen) atoms. The van der Waals surface area contributed by atoms with Gasteiger partial charge in [0.15, 0.2) is 0 Å². The lowest BCUT2D eigenvalue weighted by Gasteiger charge is -2.35. The number of hydrogen-bond acceptors (Lipinski definition) is 5. The Morgan fingerprint density at radius 3 is 2.23 bits per heavy atom. The Labute approximate surface area is 155 Å². The zero-order valence-electron chi connectivity index (χ0n) is 15.6. The lowest BCUT2D eigenvalue weighted by Crippen LogP contribution is -2.43. The van der Waals surface area contributed by atoms with Crippen LogP contribution in [-0.2, 0) is 6.42 Å². The van der Waals surface area contributed by atoms with Crippen LogP contribution in [0.2, 0.25) is 0 Å². The van der Waals surface area contributed by atoms with Crippen molar-refractivity contribution in [2.24, 2.45) is 0 Å². The smallest absolute Gasteiger partial charge is 0.316 e. The van der Waals surface area contributed by atoms with Gasteiger partial charge < -0.3 is 9.64 Å². The van der Waals surface area contributed by atoms with Crippen LogP contribution in [0.25, 0.3) is 11.1 Å². The highest BCUT2D eigenvalue weighted by atomic mass is 16.5. The van der Waals surface area contributed by atoms with Crippen LogP contribution < -0.4 is 4.74 Å². The molecule has 0 bridgehead atoms. The van der Waals surface area contributed by atoms with Crippen LogP contribution in [0.4, 0.5) is 0 Å². The van der Waals surface area contributed by atoms with Crippen LogP contribution in [0.15, 0.2) is 30.7 Å². The van der Waals surface area contributed by atoms with Crippen LogP contribution in [-0.4, -0.2) is 45.1 Å². The number of likely N-dealkylation sites (tertiary alicyclic amines) is 1. The predicted octanol–water partition coefficient (Wildman–Crippen LogP) is 3.89. The van der Waals surface area contributed by atoms with Crippen molar-refractivity contribution < 1.29 is 4.74 Å². The van der Waals surface area contributed by atoms with Crippen LogP contribution in [0.5, 0.6) is 6.01 Å². The summed E-state index contributed by atoms with van der Waals surface area (Å²) >= 11 is 0. The molecule has 1 saturated heterocycles. The Morgan fingerprint density at radius 2 is 1.62 bits per heavy atom. The number of nitrogens with zero attached hydrogens (tertiary/aromatic N) is 4. The number of hydrogen-bond donors (Lipinski definition) is 0. The molecule has 0 aromatic carbocycles. The fraction of sp³-hybridized carbons (Fsp3) is 0.571. The van der Waals surface area contributed by atoms with Crippen molar-refractivity contribution in [3.8, 4) is 17.1 Å². The molecule has 2 fully saturated rings. The van der Waals surface area contributed by atoms with Crippen molar-refractivity contribution in [3.05, 3.63) is 36.4 Å². The summed E-state index contributed by atoms with van der Waals surface area (Å²) in [5.41, 5.74) is 3.11. The SMILES string of the molecule is CCc1ccc(-c2cnc(OC3CCN(C4CCCC4)CC3)nc2)cn1. The van der Waals surface area contributed by atoms with Gasteiger partial charge in [-0.3, -0.25) is 4.98 Å². The van der Waals surface area contributed by atoms with Crippen molar-refractivity contribution in [2.45, 2.75) is 64.0 Å². The number of piperidine rings is 1. The minimum atomic E-state index is 0.240.